The van der Waals surface area contributed by atoms with Gasteiger partial charge in [-0.2, -0.15) is 0 Å². The molecule has 4 nitrogen and oxygen atoms in total. The normalized spacial score (nSPS) is 13.9. The van der Waals surface area contributed by atoms with Crippen LogP contribution in [0.5, 0.6) is 5.75 Å². The van der Waals surface area contributed by atoms with Crippen LogP contribution in [0.25, 0.3) is 10.8 Å². The minimum absolute atomic E-state index is 0. The van der Waals surface area contributed by atoms with Crippen LogP contribution in [-0.4, -0.2) is 36.8 Å². The average Bonchev–Trinajstić information content (AvgIpc) is 3.31. The molecule has 0 saturated carbocycles. The maximum atomic E-state index is 10.2. The Morgan fingerprint density at radius 2 is 1.45 bits per heavy atom. The summed E-state index contributed by atoms with van der Waals surface area (Å²) in [6.45, 7) is 5.14. The van der Waals surface area contributed by atoms with Crippen LogP contribution in [0.4, 0.5) is 4.70 Å². The predicted octanol–water partition coefficient (Wildman–Crippen LogP) is 6.83. The summed E-state index contributed by atoms with van der Waals surface area (Å²) < 4.78 is 36.3. The summed E-state index contributed by atoms with van der Waals surface area (Å²) in [7, 11) is -3.46. The summed E-state index contributed by atoms with van der Waals surface area (Å²) in [5.74, 6) is 3.59. The molecule has 1 aliphatic rings. The number of benzene rings is 2. The molecule has 33 heavy (non-hydrogen) atoms. The van der Waals surface area contributed by atoms with Gasteiger partial charge in [-0.1, -0.05) is 58.4 Å². The lowest BCUT2D eigenvalue weighted by Gasteiger charge is -2.07. The molecule has 3 rings (SSSR count). The summed E-state index contributed by atoms with van der Waals surface area (Å²) in [6.07, 6.45) is 11.1. The van der Waals surface area contributed by atoms with Crippen molar-refractivity contribution in [3.8, 4) is 5.75 Å². The number of rotatable bonds is 12. The van der Waals surface area contributed by atoms with E-state index in [1.165, 1.54) is 54.4 Å². The first-order valence-electron chi connectivity index (χ1n) is 12.2. The monoisotopic (exact) mass is 500 g/mol. The fourth-order valence-corrected chi connectivity index (χ4v) is 6.65. The summed E-state index contributed by atoms with van der Waals surface area (Å²) in [5, 5.41) is 2.65. The predicted molar refractivity (Wildman–Crippen MR) is 139 cm³/mol. The molecule has 0 aromatic heterocycles. The van der Waals surface area contributed by atoms with Gasteiger partial charge in [-0.05, 0) is 60.7 Å². The summed E-state index contributed by atoms with van der Waals surface area (Å²) in [6, 6.07) is 13.5. The Balaban J connectivity index is 0.000000366. The standard InChI is InChI=1S/C18H23OS.C8H18O3S.FH/c1-2-3-10-19-17-8-6-16-14-18(9-7-15(16)13-17)20-11-4-5-12-20;1-2-3-4-5-6-7-8-12(9,10)11;/h6-9,13-14H,2-5,10-12H2,1H3;2-8H2,1H3,(H,9,10,11);1H/q+1;;/p-1. The van der Waals surface area contributed by atoms with E-state index in [0.717, 1.165) is 38.0 Å². The molecule has 0 unspecified atom stereocenters. The third-order valence-electron chi connectivity index (χ3n) is 5.66. The molecule has 0 aliphatic carbocycles. The lowest BCUT2D eigenvalue weighted by atomic mass is 10.1. The van der Waals surface area contributed by atoms with Crippen molar-refractivity contribution in [2.24, 2.45) is 0 Å². The van der Waals surface area contributed by atoms with Gasteiger partial charge < -0.3 is 9.29 Å². The van der Waals surface area contributed by atoms with Crippen LogP contribution in [0.3, 0.4) is 0 Å². The molecule has 0 N–H and O–H groups in total. The largest absolute Gasteiger partial charge is 0.748 e. The van der Waals surface area contributed by atoms with Gasteiger partial charge in [-0.25, -0.2) is 8.42 Å². The maximum Gasteiger partial charge on any atom is 0.155 e. The number of hydrogen-bond acceptors (Lipinski definition) is 4. The van der Waals surface area contributed by atoms with Crippen LogP contribution in [0.2, 0.25) is 0 Å². The van der Waals surface area contributed by atoms with Crippen LogP contribution >= 0.6 is 0 Å². The lowest BCUT2D eigenvalue weighted by molar-refractivity contribution is 0.310. The van der Waals surface area contributed by atoms with Crippen molar-refractivity contribution in [3.63, 3.8) is 0 Å². The zero-order chi connectivity index (χ0) is 23.2. The first kappa shape index (κ1) is 29.7. The van der Waals surface area contributed by atoms with E-state index in [2.05, 4.69) is 50.2 Å². The topological polar surface area (TPSA) is 66.4 Å². The highest BCUT2D eigenvalue weighted by atomic mass is 32.2. The molecule has 0 amide bonds. The molecule has 0 radical (unpaired) electrons. The van der Waals surface area contributed by atoms with E-state index in [1.807, 2.05) is 0 Å². The molecule has 1 heterocycles. The van der Waals surface area contributed by atoms with Crippen molar-refractivity contribution >= 4 is 31.8 Å². The highest BCUT2D eigenvalue weighted by Gasteiger charge is 2.26. The smallest absolute Gasteiger partial charge is 0.155 e. The van der Waals surface area contributed by atoms with Crippen LogP contribution in [0.1, 0.15) is 78.1 Å². The number of halogens is 1. The molecule has 188 valence electrons. The van der Waals surface area contributed by atoms with Gasteiger partial charge in [0.25, 0.3) is 0 Å². The van der Waals surface area contributed by atoms with Gasteiger partial charge in [-0.15, -0.1) is 0 Å². The molecule has 7 heteroatoms. The Morgan fingerprint density at radius 3 is 2.12 bits per heavy atom. The van der Waals surface area contributed by atoms with Crippen LogP contribution in [-0.2, 0) is 21.0 Å². The molecule has 0 atom stereocenters. The number of fused-ring (bicyclic) bond motifs is 1. The first-order chi connectivity index (χ1) is 15.4. The zero-order valence-corrected chi connectivity index (χ0v) is 21.9. The van der Waals surface area contributed by atoms with E-state index in [9.17, 15) is 13.0 Å². The molecular weight excluding hydrogens is 459 g/mol. The Morgan fingerprint density at radius 1 is 0.848 bits per heavy atom. The Bertz CT molecular complexity index is 896. The second kappa shape index (κ2) is 16.3. The minimum Gasteiger partial charge on any atom is -0.748 e. The fourth-order valence-electron chi connectivity index (χ4n) is 3.76. The van der Waals surface area contributed by atoms with Crippen molar-refractivity contribution in [3.05, 3.63) is 36.4 Å². The van der Waals surface area contributed by atoms with Gasteiger partial charge >= 0.3 is 0 Å². The Hall–Kier alpha value is -1.31. The average molecular weight is 501 g/mol. The quantitative estimate of drug-likeness (QED) is 0.182. The van der Waals surface area contributed by atoms with E-state index >= 15 is 0 Å². The summed E-state index contributed by atoms with van der Waals surface area (Å²) >= 11 is 0. The maximum absolute atomic E-state index is 10.2. The molecule has 1 fully saturated rings. The van der Waals surface area contributed by atoms with Crippen molar-refractivity contribution in [2.45, 2.75) is 83.0 Å². The van der Waals surface area contributed by atoms with Gasteiger partial charge in [0.15, 0.2) is 4.90 Å². The van der Waals surface area contributed by atoms with Crippen LogP contribution < -0.4 is 4.74 Å². The molecule has 2 aromatic carbocycles. The van der Waals surface area contributed by atoms with E-state index in [0.29, 0.717) is 17.3 Å². The van der Waals surface area contributed by atoms with Crippen molar-refractivity contribution in [2.75, 3.05) is 23.9 Å². The van der Waals surface area contributed by atoms with Gasteiger partial charge in [0, 0.05) is 22.7 Å². The van der Waals surface area contributed by atoms with Crippen LogP contribution in [0, 0.1) is 0 Å². The number of unbranched alkanes of at least 4 members (excludes halogenated alkanes) is 6. The van der Waals surface area contributed by atoms with Gasteiger partial charge in [0.05, 0.1) is 16.7 Å². The highest BCUT2D eigenvalue weighted by molar-refractivity contribution is 7.97. The fraction of sp³-hybridized carbons (Fsp3) is 0.615. The zero-order valence-electron chi connectivity index (χ0n) is 20.2. The van der Waals surface area contributed by atoms with Gasteiger partial charge in [-0.3, -0.25) is 4.70 Å². The van der Waals surface area contributed by atoms with E-state index < -0.39 is 10.1 Å². The highest BCUT2D eigenvalue weighted by Crippen LogP contribution is 2.28. The molecular formula is C26H41FO4S2. The van der Waals surface area contributed by atoms with Gasteiger partial charge in [0.1, 0.15) is 17.3 Å². The molecule has 2 aromatic rings. The first-order valence-corrected chi connectivity index (χ1v) is 15.3. The Labute approximate surface area is 203 Å². The second-order valence-corrected chi connectivity index (χ2v) is 12.3. The SMILES string of the molecule is CCCCCCCCS(=O)(=O)[O-].CCCCOc1ccc2cc([S+]3CCCC3)ccc2c1.F. The Kier molecular flexibility index (Phi) is 14.7. The number of hydrogen-bond donors (Lipinski definition) is 0. The second-order valence-electron chi connectivity index (χ2n) is 8.51. The molecule has 0 bridgehead atoms. The van der Waals surface area contributed by atoms with Crippen molar-refractivity contribution in [1.29, 1.82) is 0 Å². The van der Waals surface area contributed by atoms with Crippen LogP contribution in [0.15, 0.2) is 41.3 Å². The lowest BCUT2D eigenvalue weighted by Crippen LogP contribution is -2.03. The van der Waals surface area contributed by atoms with Crippen molar-refractivity contribution < 1.29 is 22.4 Å². The minimum atomic E-state index is -3.97. The van der Waals surface area contributed by atoms with Crippen molar-refractivity contribution in [1.82, 2.24) is 0 Å². The summed E-state index contributed by atoms with van der Waals surface area (Å²) in [4.78, 5) is 1.55. The van der Waals surface area contributed by atoms with E-state index in [4.69, 9.17) is 4.74 Å². The summed E-state index contributed by atoms with van der Waals surface area (Å²) in [5.41, 5.74) is 0. The third kappa shape index (κ3) is 12.1. The third-order valence-corrected chi connectivity index (χ3v) is 8.93. The molecule has 1 aliphatic heterocycles. The number of ether oxygens (including phenoxy) is 1. The van der Waals surface area contributed by atoms with Gasteiger partial charge in [0.2, 0.25) is 0 Å². The molecule has 1 saturated heterocycles. The molecule has 0 spiro atoms. The van der Waals surface area contributed by atoms with E-state index in [-0.39, 0.29) is 10.5 Å². The van der Waals surface area contributed by atoms with E-state index in [1.54, 1.807) is 4.90 Å².